The number of fused-ring (bicyclic) bond motifs is 1. The third-order valence-corrected chi connectivity index (χ3v) is 3.74. The summed E-state index contributed by atoms with van der Waals surface area (Å²) in [4.78, 5) is 2.39. The fourth-order valence-corrected chi connectivity index (χ4v) is 2.69. The van der Waals surface area contributed by atoms with Crippen molar-refractivity contribution in [2.75, 3.05) is 11.4 Å². The number of halogens is 1. The highest BCUT2D eigenvalue weighted by Crippen LogP contribution is 2.34. The number of rotatable bonds is 2. The van der Waals surface area contributed by atoms with Gasteiger partial charge in [0.05, 0.1) is 6.04 Å². The SMILES string of the molecule is CC(c1ccc(F)cc1)N1CCc2ccccc21. The van der Waals surface area contributed by atoms with Gasteiger partial charge in [0.25, 0.3) is 0 Å². The molecule has 0 fully saturated rings. The van der Waals surface area contributed by atoms with Crippen molar-refractivity contribution >= 4 is 5.69 Å². The summed E-state index contributed by atoms with van der Waals surface area (Å²) in [6.07, 6.45) is 1.10. The zero-order chi connectivity index (χ0) is 12.5. The molecule has 1 aliphatic rings. The van der Waals surface area contributed by atoms with E-state index in [9.17, 15) is 4.39 Å². The summed E-state index contributed by atoms with van der Waals surface area (Å²) in [5.74, 6) is -0.173. The lowest BCUT2D eigenvalue weighted by molar-refractivity contribution is 0.624. The third-order valence-electron chi connectivity index (χ3n) is 3.74. The Kier molecular flexibility index (Phi) is 2.78. The van der Waals surface area contributed by atoms with Gasteiger partial charge in [0.2, 0.25) is 0 Å². The minimum atomic E-state index is -0.173. The maximum atomic E-state index is 13.0. The van der Waals surface area contributed by atoms with E-state index < -0.39 is 0 Å². The highest BCUT2D eigenvalue weighted by Gasteiger charge is 2.23. The molecule has 0 bridgehead atoms. The standard InChI is InChI=1S/C16H16FN/c1-12(13-6-8-15(17)9-7-13)18-11-10-14-4-2-3-5-16(14)18/h2-9,12H,10-11H2,1H3. The summed E-state index contributed by atoms with van der Waals surface area (Å²) in [5.41, 5.74) is 3.88. The number of hydrogen-bond donors (Lipinski definition) is 0. The van der Waals surface area contributed by atoms with Gasteiger partial charge in [-0.25, -0.2) is 4.39 Å². The van der Waals surface area contributed by atoms with Crippen molar-refractivity contribution in [3.63, 3.8) is 0 Å². The number of anilines is 1. The van der Waals surface area contributed by atoms with Crippen LogP contribution in [0.1, 0.15) is 24.1 Å². The minimum absolute atomic E-state index is 0.173. The molecule has 2 aromatic rings. The fourth-order valence-electron chi connectivity index (χ4n) is 2.69. The molecule has 0 aliphatic carbocycles. The van der Waals surface area contributed by atoms with Crippen molar-refractivity contribution in [3.8, 4) is 0 Å². The van der Waals surface area contributed by atoms with Crippen molar-refractivity contribution in [3.05, 3.63) is 65.5 Å². The lowest BCUT2D eigenvalue weighted by atomic mass is 10.1. The van der Waals surface area contributed by atoms with E-state index in [2.05, 4.69) is 36.1 Å². The van der Waals surface area contributed by atoms with Gasteiger partial charge in [0, 0.05) is 12.2 Å². The molecule has 1 heterocycles. The largest absolute Gasteiger partial charge is 0.364 e. The molecule has 2 heteroatoms. The molecule has 0 N–H and O–H groups in total. The average Bonchev–Trinajstić information content (AvgIpc) is 2.82. The Morgan fingerprint density at radius 1 is 1.06 bits per heavy atom. The van der Waals surface area contributed by atoms with Crippen LogP contribution in [0.2, 0.25) is 0 Å². The quantitative estimate of drug-likeness (QED) is 0.769. The van der Waals surface area contributed by atoms with Crippen molar-refractivity contribution < 1.29 is 4.39 Å². The van der Waals surface area contributed by atoms with Crippen LogP contribution in [0.5, 0.6) is 0 Å². The van der Waals surface area contributed by atoms with Crippen molar-refractivity contribution in [2.24, 2.45) is 0 Å². The average molecular weight is 241 g/mol. The third kappa shape index (κ3) is 1.88. The molecule has 1 nitrogen and oxygen atoms in total. The van der Waals surface area contributed by atoms with Crippen LogP contribution < -0.4 is 4.90 Å². The van der Waals surface area contributed by atoms with Crippen molar-refractivity contribution in [2.45, 2.75) is 19.4 Å². The van der Waals surface area contributed by atoms with Gasteiger partial charge < -0.3 is 4.90 Å². The van der Waals surface area contributed by atoms with Crippen LogP contribution in [0.15, 0.2) is 48.5 Å². The smallest absolute Gasteiger partial charge is 0.123 e. The number of hydrogen-bond acceptors (Lipinski definition) is 1. The first-order valence-electron chi connectivity index (χ1n) is 6.36. The monoisotopic (exact) mass is 241 g/mol. The van der Waals surface area contributed by atoms with E-state index in [1.165, 1.54) is 23.4 Å². The molecule has 2 aromatic carbocycles. The van der Waals surface area contributed by atoms with E-state index in [1.54, 1.807) is 0 Å². The first-order valence-corrected chi connectivity index (χ1v) is 6.36. The Hall–Kier alpha value is -1.83. The van der Waals surface area contributed by atoms with Crippen LogP contribution >= 0.6 is 0 Å². The number of benzene rings is 2. The molecule has 1 unspecified atom stereocenters. The summed E-state index contributed by atoms with van der Waals surface area (Å²) in [5, 5.41) is 0. The first kappa shape index (κ1) is 11.3. The van der Waals surface area contributed by atoms with Crippen molar-refractivity contribution in [1.82, 2.24) is 0 Å². The molecule has 0 amide bonds. The topological polar surface area (TPSA) is 3.24 Å². The van der Waals surface area contributed by atoms with E-state index in [-0.39, 0.29) is 11.9 Å². The Morgan fingerprint density at radius 2 is 1.78 bits per heavy atom. The highest BCUT2D eigenvalue weighted by atomic mass is 19.1. The van der Waals surface area contributed by atoms with Crippen LogP contribution in [-0.4, -0.2) is 6.54 Å². The van der Waals surface area contributed by atoms with Gasteiger partial charge in [-0.05, 0) is 42.7 Å². The van der Waals surface area contributed by atoms with Gasteiger partial charge in [0.1, 0.15) is 5.82 Å². The molecule has 0 radical (unpaired) electrons. The fraction of sp³-hybridized carbons (Fsp3) is 0.250. The lowest BCUT2D eigenvalue weighted by Crippen LogP contribution is -2.24. The second-order valence-electron chi connectivity index (χ2n) is 4.80. The van der Waals surface area contributed by atoms with Gasteiger partial charge in [-0.2, -0.15) is 0 Å². The van der Waals surface area contributed by atoms with Crippen LogP contribution in [0.3, 0.4) is 0 Å². The Morgan fingerprint density at radius 3 is 2.56 bits per heavy atom. The molecule has 92 valence electrons. The summed E-state index contributed by atoms with van der Waals surface area (Å²) in [6.45, 7) is 3.22. The van der Waals surface area contributed by atoms with Crippen LogP contribution in [0.25, 0.3) is 0 Å². The summed E-state index contributed by atoms with van der Waals surface area (Å²) >= 11 is 0. The molecule has 0 aromatic heterocycles. The van der Waals surface area contributed by atoms with Gasteiger partial charge in [-0.3, -0.25) is 0 Å². The highest BCUT2D eigenvalue weighted by molar-refractivity contribution is 5.59. The summed E-state index contributed by atoms with van der Waals surface area (Å²) in [6, 6.07) is 15.6. The molecule has 0 spiro atoms. The van der Waals surface area contributed by atoms with Gasteiger partial charge in [-0.15, -0.1) is 0 Å². The van der Waals surface area contributed by atoms with E-state index in [0.29, 0.717) is 0 Å². The number of nitrogens with zero attached hydrogens (tertiary/aromatic N) is 1. The summed E-state index contributed by atoms with van der Waals surface area (Å²) < 4.78 is 13.0. The lowest BCUT2D eigenvalue weighted by Gasteiger charge is -2.27. The molecule has 0 saturated heterocycles. The number of para-hydroxylation sites is 1. The van der Waals surface area contributed by atoms with Gasteiger partial charge in [-0.1, -0.05) is 30.3 Å². The van der Waals surface area contributed by atoms with Gasteiger partial charge >= 0.3 is 0 Å². The second-order valence-corrected chi connectivity index (χ2v) is 4.80. The normalized spacial score (nSPS) is 15.6. The van der Waals surface area contributed by atoms with Crippen LogP contribution in [0.4, 0.5) is 10.1 Å². The first-order chi connectivity index (χ1) is 8.75. The van der Waals surface area contributed by atoms with E-state index in [0.717, 1.165) is 18.5 Å². The van der Waals surface area contributed by atoms with Crippen LogP contribution in [0, 0.1) is 5.82 Å². The van der Waals surface area contributed by atoms with E-state index in [1.807, 2.05) is 12.1 Å². The second kappa shape index (κ2) is 4.45. The zero-order valence-electron chi connectivity index (χ0n) is 10.4. The molecule has 1 atom stereocenters. The molecular formula is C16H16FN. The maximum absolute atomic E-state index is 13.0. The Balaban J connectivity index is 1.90. The molecule has 18 heavy (non-hydrogen) atoms. The van der Waals surface area contributed by atoms with Crippen molar-refractivity contribution in [1.29, 1.82) is 0 Å². The van der Waals surface area contributed by atoms with Crippen LogP contribution in [-0.2, 0) is 6.42 Å². The molecule has 0 saturated carbocycles. The molecular weight excluding hydrogens is 225 g/mol. The molecule has 1 aliphatic heterocycles. The maximum Gasteiger partial charge on any atom is 0.123 e. The predicted molar refractivity (Wildman–Crippen MR) is 72.3 cm³/mol. The Bertz CT molecular complexity index is 547. The van der Waals surface area contributed by atoms with E-state index >= 15 is 0 Å². The van der Waals surface area contributed by atoms with E-state index in [4.69, 9.17) is 0 Å². The Labute approximate surface area is 107 Å². The predicted octanol–water partition coefficient (Wildman–Crippen LogP) is 3.95. The van der Waals surface area contributed by atoms with Gasteiger partial charge in [0.15, 0.2) is 0 Å². The summed E-state index contributed by atoms with van der Waals surface area (Å²) in [7, 11) is 0. The molecule has 3 rings (SSSR count). The minimum Gasteiger partial charge on any atom is -0.364 e. The zero-order valence-corrected chi connectivity index (χ0v) is 10.4.